The van der Waals surface area contributed by atoms with E-state index in [-0.39, 0.29) is 0 Å². The van der Waals surface area contributed by atoms with Gasteiger partial charge < -0.3 is 9.15 Å². The van der Waals surface area contributed by atoms with Crippen LogP contribution in [0.5, 0.6) is 5.75 Å². The first-order valence-corrected chi connectivity index (χ1v) is 7.96. The van der Waals surface area contributed by atoms with Crippen LogP contribution in [0.4, 0.5) is 0 Å². The largest absolute Gasteiger partial charge is 0.494 e. The SMILES string of the molecule is CCOc1ccc(-c2coc(-c3cccc(C(C)C)c3)n2)cc1. The molecule has 0 N–H and O–H groups in total. The van der Waals surface area contributed by atoms with Crippen molar-refractivity contribution >= 4 is 0 Å². The molecule has 118 valence electrons. The summed E-state index contributed by atoms with van der Waals surface area (Å²) in [4.78, 5) is 4.62. The zero-order valence-electron chi connectivity index (χ0n) is 13.7. The van der Waals surface area contributed by atoms with Gasteiger partial charge in [0.2, 0.25) is 5.89 Å². The van der Waals surface area contributed by atoms with E-state index in [1.807, 2.05) is 43.3 Å². The molecule has 0 amide bonds. The molecule has 3 aromatic rings. The van der Waals surface area contributed by atoms with Gasteiger partial charge in [-0.25, -0.2) is 4.98 Å². The highest BCUT2D eigenvalue weighted by atomic mass is 16.5. The van der Waals surface area contributed by atoms with Gasteiger partial charge in [-0.2, -0.15) is 0 Å². The fourth-order valence-corrected chi connectivity index (χ4v) is 2.46. The van der Waals surface area contributed by atoms with Crippen molar-refractivity contribution in [3.05, 3.63) is 60.4 Å². The lowest BCUT2D eigenvalue weighted by Gasteiger charge is -2.05. The number of benzene rings is 2. The highest BCUT2D eigenvalue weighted by Gasteiger charge is 2.10. The standard InChI is InChI=1S/C20H21NO2/c1-4-22-18-10-8-15(9-11-18)19-13-23-20(21-19)17-7-5-6-16(12-17)14(2)3/h5-14H,4H2,1-3H3. The van der Waals surface area contributed by atoms with Crippen LogP contribution in [0, 0.1) is 0 Å². The maximum Gasteiger partial charge on any atom is 0.226 e. The fraction of sp³-hybridized carbons (Fsp3) is 0.250. The number of hydrogen-bond donors (Lipinski definition) is 0. The second-order valence-corrected chi connectivity index (χ2v) is 5.78. The number of ether oxygens (including phenoxy) is 1. The summed E-state index contributed by atoms with van der Waals surface area (Å²) in [5.74, 6) is 2.00. The molecule has 23 heavy (non-hydrogen) atoms. The summed E-state index contributed by atoms with van der Waals surface area (Å²) >= 11 is 0. The monoisotopic (exact) mass is 307 g/mol. The predicted molar refractivity (Wildman–Crippen MR) is 92.6 cm³/mol. The minimum Gasteiger partial charge on any atom is -0.494 e. The zero-order valence-corrected chi connectivity index (χ0v) is 13.7. The molecule has 0 spiro atoms. The second-order valence-electron chi connectivity index (χ2n) is 5.78. The van der Waals surface area contributed by atoms with Crippen molar-refractivity contribution in [2.75, 3.05) is 6.61 Å². The van der Waals surface area contributed by atoms with E-state index in [0.717, 1.165) is 22.6 Å². The van der Waals surface area contributed by atoms with E-state index < -0.39 is 0 Å². The van der Waals surface area contributed by atoms with Gasteiger partial charge in [0.25, 0.3) is 0 Å². The third kappa shape index (κ3) is 3.45. The molecule has 2 aromatic carbocycles. The van der Waals surface area contributed by atoms with Crippen LogP contribution in [0.2, 0.25) is 0 Å². The summed E-state index contributed by atoms with van der Waals surface area (Å²) in [7, 11) is 0. The molecule has 3 rings (SSSR count). The van der Waals surface area contributed by atoms with Gasteiger partial charge in [-0.05, 0) is 54.8 Å². The lowest BCUT2D eigenvalue weighted by molar-refractivity contribution is 0.340. The van der Waals surface area contributed by atoms with Crippen molar-refractivity contribution < 1.29 is 9.15 Å². The summed E-state index contributed by atoms with van der Waals surface area (Å²) in [5.41, 5.74) is 4.14. The Kier molecular flexibility index (Phi) is 4.47. The summed E-state index contributed by atoms with van der Waals surface area (Å²) in [6, 6.07) is 16.2. The summed E-state index contributed by atoms with van der Waals surface area (Å²) < 4.78 is 11.1. The van der Waals surface area contributed by atoms with E-state index >= 15 is 0 Å². The van der Waals surface area contributed by atoms with Crippen molar-refractivity contribution in [3.63, 3.8) is 0 Å². The number of hydrogen-bond acceptors (Lipinski definition) is 3. The van der Waals surface area contributed by atoms with Crippen LogP contribution in [0.15, 0.2) is 59.2 Å². The molecule has 0 saturated heterocycles. The Morgan fingerprint density at radius 1 is 1.04 bits per heavy atom. The van der Waals surface area contributed by atoms with Gasteiger partial charge >= 0.3 is 0 Å². The van der Waals surface area contributed by atoms with Crippen molar-refractivity contribution in [1.82, 2.24) is 4.98 Å². The van der Waals surface area contributed by atoms with E-state index in [0.29, 0.717) is 18.4 Å². The Morgan fingerprint density at radius 2 is 1.83 bits per heavy atom. The lowest BCUT2D eigenvalue weighted by Crippen LogP contribution is -1.90. The van der Waals surface area contributed by atoms with Crippen molar-refractivity contribution in [1.29, 1.82) is 0 Å². The van der Waals surface area contributed by atoms with Crippen LogP contribution in [-0.4, -0.2) is 11.6 Å². The van der Waals surface area contributed by atoms with Gasteiger partial charge in [0.05, 0.1) is 6.61 Å². The Hall–Kier alpha value is -2.55. The second kappa shape index (κ2) is 6.69. The molecule has 3 nitrogen and oxygen atoms in total. The van der Waals surface area contributed by atoms with Gasteiger partial charge in [-0.15, -0.1) is 0 Å². The van der Waals surface area contributed by atoms with Crippen molar-refractivity contribution in [2.24, 2.45) is 0 Å². The molecule has 1 aromatic heterocycles. The predicted octanol–water partition coefficient (Wildman–Crippen LogP) is 5.53. The fourth-order valence-electron chi connectivity index (χ4n) is 2.46. The average Bonchev–Trinajstić information content (AvgIpc) is 3.06. The van der Waals surface area contributed by atoms with E-state index in [1.54, 1.807) is 6.26 Å². The quantitative estimate of drug-likeness (QED) is 0.621. The van der Waals surface area contributed by atoms with Crippen LogP contribution in [0.1, 0.15) is 32.3 Å². The molecular weight excluding hydrogens is 286 g/mol. The molecule has 0 aliphatic rings. The number of oxazole rings is 1. The van der Waals surface area contributed by atoms with Gasteiger partial charge in [0.15, 0.2) is 0 Å². The highest BCUT2D eigenvalue weighted by molar-refractivity contribution is 5.63. The van der Waals surface area contributed by atoms with Crippen LogP contribution < -0.4 is 4.74 Å². The molecule has 0 fully saturated rings. The molecule has 0 saturated carbocycles. The van der Waals surface area contributed by atoms with Gasteiger partial charge in [-0.3, -0.25) is 0 Å². The van der Waals surface area contributed by atoms with E-state index in [2.05, 4.69) is 31.0 Å². The van der Waals surface area contributed by atoms with E-state index in [9.17, 15) is 0 Å². The van der Waals surface area contributed by atoms with Crippen molar-refractivity contribution in [2.45, 2.75) is 26.7 Å². The molecule has 0 radical (unpaired) electrons. The van der Waals surface area contributed by atoms with Crippen molar-refractivity contribution in [3.8, 4) is 28.5 Å². The molecule has 0 aliphatic heterocycles. The highest BCUT2D eigenvalue weighted by Crippen LogP contribution is 2.27. The van der Waals surface area contributed by atoms with E-state index in [4.69, 9.17) is 9.15 Å². The smallest absolute Gasteiger partial charge is 0.226 e. The van der Waals surface area contributed by atoms with Gasteiger partial charge in [0, 0.05) is 11.1 Å². The Morgan fingerprint density at radius 3 is 2.52 bits per heavy atom. The average molecular weight is 307 g/mol. The van der Waals surface area contributed by atoms with Crippen LogP contribution >= 0.6 is 0 Å². The van der Waals surface area contributed by atoms with Crippen LogP contribution in [0.25, 0.3) is 22.7 Å². The first-order valence-electron chi connectivity index (χ1n) is 7.96. The lowest BCUT2D eigenvalue weighted by atomic mass is 10.0. The first kappa shape index (κ1) is 15.3. The topological polar surface area (TPSA) is 35.3 Å². The maximum atomic E-state index is 5.68. The Bertz CT molecular complexity index is 772. The third-order valence-electron chi connectivity index (χ3n) is 3.77. The minimum absolute atomic E-state index is 0.482. The molecular formula is C20H21NO2. The molecule has 0 bridgehead atoms. The molecule has 0 aliphatic carbocycles. The number of nitrogens with zero attached hydrogens (tertiary/aromatic N) is 1. The molecule has 0 atom stereocenters. The number of rotatable bonds is 5. The molecule has 0 unspecified atom stereocenters. The van der Waals surface area contributed by atoms with Gasteiger partial charge in [0.1, 0.15) is 17.7 Å². The Balaban J connectivity index is 1.86. The first-order chi connectivity index (χ1) is 11.2. The molecule has 1 heterocycles. The van der Waals surface area contributed by atoms with Crippen LogP contribution in [-0.2, 0) is 0 Å². The van der Waals surface area contributed by atoms with Crippen LogP contribution in [0.3, 0.4) is 0 Å². The summed E-state index contributed by atoms with van der Waals surface area (Å²) in [5, 5.41) is 0. The van der Waals surface area contributed by atoms with E-state index in [1.165, 1.54) is 5.56 Å². The zero-order chi connectivity index (χ0) is 16.2. The number of aromatic nitrogens is 1. The normalized spacial score (nSPS) is 11.0. The maximum absolute atomic E-state index is 5.68. The van der Waals surface area contributed by atoms with Gasteiger partial charge in [-0.1, -0.05) is 26.0 Å². The molecule has 3 heteroatoms. The summed E-state index contributed by atoms with van der Waals surface area (Å²) in [6.45, 7) is 7.00. The Labute approximate surface area is 136 Å². The third-order valence-corrected chi connectivity index (χ3v) is 3.77. The minimum atomic E-state index is 0.482. The summed E-state index contributed by atoms with van der Waals surface area (Å²) in [6.07, 6.45) is 1.70.